The monoisotopic (exact) mass is 1170 g/mol. The van der Waals surface area contributed by atoms with Gasteiger partial charge in [-0.05, 0) is 25.0 Å². The highest BCUT2D eigenvalue weighted by atomic mass is 79.9. The number of rotatable bonds is 12. The van der Waals surface area contributed by atoms with E-state index in [4.69, 9.17) is 9.47 Å². The first-order valence-electron chi connectivity index (χ1n) is 22.2. The molecule has 0 aromatic heterocycles. The van der Waals surface area contributed by atoms with Gasteiger partial charge in [0.1, 0.15) is 37.8 Å². The minimum Gasteiger partial charge on any atom is -1.00 e. The van der Waals surface area contributed by atoms with Gasteiger partial charge < -0.3 is 41.2 Å². The largest absolute Gasteiger partial charge is 1.00 e. The molecule has 0 unspecified atom stereocenters. The van der Waals surface area contributed by atoms with Gasteiger partial charge in [-0.1, -0.05) is 38.8 Å². The number of nitrogens with zero attached hydrogens (tertiary/aromatic N) is 1. The molecule has 8 rings (SSSR count). The number of hydrogen-bond acceptors (Lipinski definition) is 4. The lowest BCUT2D eigenvalue weighted by molar-refractivity contribution is -0.953. The zero-order valence-corrected chi connectivity index (χ0v) is 40.1. The summed E-state index contributed by atoms with van der Waals surface area (Å²) in [5.41, 5.74) is -26.6. The van der Waals surface area contributed by atoms with E-state index in [0.717, 1.165) is 0 Å². The molecule has 0 spiro atoms. The number of hydrogen-bond donors (Lipinski definition) is 2. The molecule has 0 saturated carbocycles. The van der Waals surface area contributed by atoms with Crippen LogP contribution in [0.1, 0.15) is 84.0 Å². The normalized spacial score (nSPS) is 14.1. The molecule has 0 amide bonds. The van der Waals surface area contributed by atoms with Crippen molar-refractivity contribution in [1.29, 1.82) is 0 Å². The van der Waals surface area contributed by atoms with Crippen LogP contribution in [0.3, 0.4) is 0 Å². The van der Waals surface area contributed by atoms with Crippen molar-refractivity contribution in [3.63, 3.8) is 0 Å². The van der Waals surface area contributed by atoms with Crippen LogP contribution in [0.4, 0.5) is 87.8 Å². The van der Waals surface area contributed by atoms with Gasteiger partial charge in [0.2, 0.25) is 23.3 Å². The van der Waals surface area contributed by atoms with Gasteiger partial charge in [-0.2, -0.15) is 0 Å². The first-order valence-corrected chi connectivity index (χ1v) is 22.2. The summed E-state index contributed by atoms with van der Waals surface area (Å²) in [6.07, 6.45) is 0.334. The van der Waals surface area contributed by atoms with Crippen molar-refractivity contribution in [1.82, 2.24) is 0 Å². The number of quaternary nitrogens is 1. The number of ether oxygens (including phenoxy) is 2. The Kier molecular flexibility index (Phi) is 15.7. The van der Waals surface area contributed by atoms with E-state index >= 15 is 70.2 Å². The Morgan fingerprint density at radius 2 is 0.605 bits per heavy atom. The van der Waals surface area contributed by atoms with E-state index in [-0.39, 0.29) is 55.8 Å². The lowest BCUT2D eigenvalue weighted by Gasteiger charge is -2.41. The lowest BCUT2D eigenvalue weighted by atomic mass is 9.73. The first-order chi connectivity index (χ1) is 35.2. The van der Waals surface area contributed by atoms with E-state index in [1.54, 1.807) is 13.8 Å². The molecular weight excluding hydrogens is 1140 g/mol. The molecule has 0 aliphatic carbocycles. The van der Waals surface area contributed by atoms with Gasteiger partial charge in [0.25, 0.3) is 0 Å². The van der Waals surface area contributed by atoms with Crippen LogP contribution in [0.25, 0.3) is 11.1 Å². The number of halogens is 21. The summed E-state index contributed by atoms with van der Waals surface area (Å²) in [7, 11) is 0. The maximum absolute atomic E-state index is 16.4. The van der Waals surface area contributed by atoms with Gasteiger partial charge in [-0.25, -0.2) is 87.8 Å². The van der Waals surface area contributed by atoms with Crippen molar-refractivity contribution >= 4 is 0 Å². The second-order valence-electron chi connectivity index (χ2n) is 17.6. The average molecular weight is 1170 g/mol. The quantitative estimate of drug-likeness (QED) is 0.0422. The second-order valence-corrected chi connectivity index (χ2v) is 17.6. The molecule has 26 heteroatoms. The molecule has 0 fully saturated rings. The van der Waals surface area contributed by atoms with Crippen LogP contribution in [0.15, 0.2) is 24.3 Å². The van der Waals surface area contributed by atoms with Crippen molar-refractivity contribution in [2.24, 2.45) is 0 Å². The van der Waals surface area contributed by atoms with E-state index in [1.807, 2.05) is 0 Å². The number of benzene rings is 6. The minimum atomic E-state index is -4.81. The van der Waals surface area contributed by atoms with Crippen molar-refractivity contribution in [2.75, 3.05) is 26.3 Å². The molecule has 0 bridgehead atoms. The molecule has 0 atom stereocenters. The summed E-state index contributed by atoms with van der Waals surface area (Å²) in [5, 5.41) is 25.9. The highest BCUT2D eigenvalue weighted by Gasteiger charge is 2.55. The van der Waals surface area contributed by atoms with Crippen molar-refractivity contribution in [3.05, 3.63) is 185 Å². The minimum absolute atomic E-state index is 0. The fourth-order valence-electron chi connectivity index (χ4n) is 9.97. The van der Waals surface area contributed by atoms with E-state index in [2.05, 4.69) is 0 Å². The third kappa shape index (κ3) is 8.33. The Bertz CT molecular complexity index is 2920. The molecule has 5 nitrogen and oxygen atoms in total. The molecule has 0 radical (unpaired) electrons. The van der Waals surface area contributed by atoms with Crippen LogP contribution in [0.2, 0.25) is 0 Å². The highest BCUT2D eigenvalue weighted by Crippen LogP contribution is 2.56. The molecule has 2 N–H and O–H groups in total. The van der Waals surface area contributed by atoms with E-state index in [9.17, 15) is 27.8 Å². The maximum atomic E-state index is 16.4. The molecule has 2 heterocycles. The Balaban J connectivity index is 0.00000840. The predicted octanol–water partition coefficient (Wildman–Crippen LogP) is 9.91. The fraction of sp³-hybridized carbons (Fsp3) is 0.280. The number of unbranched alkanes of at least 4 members (excludes halogenated alkanes) is 2. The summed E-state index contributed by atoms with van der Waals surface area (Å²) in [6.45, 7) is -0.640. The molecule has 6 aromatic rings. The fourth-order valence-corrected chi connectivity index (χ4v) is 9.97. The van der Waals surface area contributed by atoms with Crippen molar-refractivity contribution < 1.29 is 129 Å². The summed E-state index contributed by atoms with van der Waals surface area (Å²) < 4.78 is 324. The van der Waals surface area contributed by atoms with E-state index < -0.39 is 225 Å². The molecule has 6 aromatic carbocycles. The Morgan fingerprint density at radius 3 is 0.829 bits per heavy atom. The zero-order valence-electron chi connectivity index (χ0n) is 38.5. The van der Waals surface area contributed by atoms with Gasteiger partial charge in [0, 0.05) is 33.4 Å². The SMILES string of the molecule is CCCC[N+]1(CCCC)Cc2c(C(O)(c3c(F)c(F)c(F)c(F)c3F)c3c(F)c(F)c(F)c(F)c3F)ccc3c2-c2c(ccc(C(O)(c4c(F)c(F)c(F)c(F)c4F)c4c(F)c(F)c(F)c(F)c4F)c2C1)OCCO3.[Br-]. The van der Waals surface area contributed by atoms with Crippen LogP contribution in [0, 0.1) is 116 Å². The van der Waals surface area contributed by atoms with Crippen LogP contribution in [0.5, 0.6) is 11.5 Å². The second kappa shape index (κ2) is 20.7. The Labute approximate surface area is 425 Å². The smallest absolute Gasteiger partial charge is 0.200 e. The topological polar surface area (TPSA) is 58.9 Å². The van der Waals surface area contributed by atoms with Gasteiger partial charge in [-0.15, -0.1) is 0 Å². The molecule has 76 heavy (non-hydrogen) atoms. The van der Waals surface area contributed by atoms with Crippen LogP contribution in [-0.2, 0) is 24.3 Å². The Morgan fingerprint density at radius 1 is 0.382 bits per heavy atom. The molecular formula is C50H32BrF20NO4. The summed E-state index contributed by atoms with van der Waals surface area (Å²) >= 11 is 0. The van der Waals surface area contributed by atoms with Gasteiger partial charge in [0.05, 0.1) is 35.3 Å². The van der Waals surface area contributed by atoms with Crippen LogP contribution in [-0.4, -0.2) is 41.0 Å². The maximum Gasteiger partial charge on any atom is 0.200 e. The third-order valence-corrected chi connectivity index (χ3v) is 13.4. The third-order valence-electron chi connectivity index (χ3n) is 13.4. The molecule has 2 aliphatic rings. The van der Waals surface area contributed by atoms with Gasteiger partial charge >= 0.3 is 0 Å². The zero-order chi connectivity index (χ0) is 55.3. The van der Waals surface area contributed by atoms with E-state index in [1.165, 1.54) is 0 Å². The summed E-state index contributed by atoms with van der Waals surface area (Å²) in [6, 6.07) is 2.16. The predicted molar refractivity (Wildman–Crippen MR) is 219 cm³/mol. The first kappa shape index (κ1) is 57.6. The molecule has 2 aliphatic heterocycles. The summed E-state index contributed by atoms with van der Waals surface area (Å²) in [5.74, 6) is -61.4. The lowest BCUT2D eigenvalue weighted by Crippen LogP contribution is -3.00. The molecule has 0 saturated heterocycles. The average Bonchev–Trinajstić information content (AvgIpc) is 3.53. The van der Waals surface area contributed by atoms with Crippen LogP contribution < -0.4 is 26.5 Å². The van der Waals surface area contributed by atoms with Crippen LogP contribution >= 0.6 is 0 Å². The Hall–Kier alpha value is -6.12. The van der Waals surface area contributed by atoms with Crippen molar-refractivity contribution in [3.8, 4) is 22.6 Å². The number of aliphatic hydroxyl groups is 2. The highest BCUT2D eigenvalue weighted by molar-refractivity contribution is 5.85. The van der Waals surface area contributed by atoms with Gasteiger partial charge in [0.15, 0.2) is 104 Å². The standard InChI is InChI=1S/C50H32F20NO4.BrH/c1-3-5-11-71(12-6-4-2)15-17-19(49(72,25-29(51)37(59)45(67)38(60)30(25)52)26-31(53)39(61)46(68)40(62)32(26)54)7-9-21-23(17)24-18(16-71)20(8-10-22(24)75-14-13-74-21)50(73,27-33(55)41(63)47(69)42(64)34(27)56)28-35(57)43(65)48(70)44(66)36(28)58;/h7-10,72-73H,3-6,11-16H2,1-2H3;1H/q+1;/p-1. The van der Waals surface area contributed by atoms with Gasteiger partial charge in [-0.3, -0.25) is 0 Å². The van der Waals surface area contributed by atoms with Crippen molar-refractivity contribution in [2.45, 2.75) is 63.8 Å². The summed E-state index contributed by atoms with van der Waals surface area (Å²) in [4.78, 5) is 0. The van der Waals surface area contributed by atoms with E-state index in [0.29, 0.717) is 24.3 Å². The molecule has 408 valence electrons.